The zero-order chi connectivity index (χ0) is 20.3. The van der Waals surface area contributed by atoms with Gasteiger partial charge < -0.3 is 23.4 Å². The van der Waals surface area contributed by atoms with E-state index in [1.54, 1.807) is 56.5 Å². The number of rotatable bonds is 6. The van der Waals surface area contributed by atoms with Crippen LogP contribution in [0, 0.1) is 0 Å². The van der Waals surface area contributed by atoms with Gasteiger partial charge in [0, 0.05) is 23.1 Å². The molecule has 0 fully saturated rings. The maximum Gasteiger partial charge on any atom is 0.346 e. The highest BCUT2D eigenvalue weighted by Gasteiger charge is 2.17. The SMILES string of the molecule is COC(=O)[C@@H](C)Oc1ccc2cc(-c3ccc(OC)cc3OC)c(=O)oc2c1. The van der Waals surface area contributed by atoms with Gasteiger partial charge in [0.2, 0.25) is 0 Å². The Morgan fingerprint density at radius 1 is 0.929 bits per heavy atom. The van der Waals surface area contributed by atoms with E-state index in [9.17, 15) is 9.59 Å². The number of fused-ring (bicyclic) bond motifs is 1. The molecule has 0 unspecified atom stereocenters. The molecule has 0 spiro atoms. The molecule has 146 valence electrons. The number of carbonyl (C=O) groups excluding carboxylic acids is 1. The lowest BCUT2D eigenvalue weighted by Gasteiger charge is -2.13. The van der Waals surface area contributed by atoms with Crippen LogP contribution in [0.3, 0.4) is 0 Å². The largest absolute Gasteiger partial charge is 0.497 e. The van der Waals surface area contributed by atoms with Crippen LogP contribution in [0.2, 0.25) is 0 Å². The summed E-state index contributed by atoms with van der Waals surface area (Å²) in [5.41, 5.74) is 0.784. The van der Waals surface area contributed by atoms with Crippen molar-refractivity contribution in [2.24, 2.45) is 0 Å². The lowest BCUT2D eigenvalue weighted by Crippen LogP contribution is -2.24. The molecule has 1 atom stereocenters. The van der Waals surface area contributed by atoms with Crippen molar-refractivity contribution in [3.63, 3.8) is 0 Å². The average molecular weight is 384 g/mol. The number of hydrogen-bond acceptors (Lipinski definition) is 7. The van der Waals surface area contributed by atoms with E-state index < -0.39 is 17.7 Å². The lowest BCUT2D eigenvalue weighted by molar-refractivity contribution is -0.147. The molecular formula is C21H20O7. The van der Waals surface area contributed by atoms with Gasteiger partial charge in [-0.25, -0.2) is 9.59 Å². The summed E-state index contributed by atoms with van der Waals surface area (Å²) in [5, 5.41) is 0.700. The molecule has 0 amide bonds. The second-order valence-corrected chi connectivity index (χ2v) is 6.00. The van der Waals surface area contributed by atoms with Crippen LogP contribution in [0.4, 0.5) is 0 Å². The summed E-state index contributed by atoms with van der Waals surface area (Å²) in [6.45, 7) is 1.57. The molecule has 0 N–H and O–H groups in total. The van der Waals surface area contributed by atoms with Crippen molar-refractivity contribution >= 4 is 16.9 Å². The molecule has 0 bridgehead atoms. The molecule has 1 heterocycles. The molecule has 2 aromatic carbocycles. The highest BCUT2D eigenvalue weighted by molar-refractivity contribution is 5.84. The number of methoxy groups -OCH3 is 3. The maximum atomic E-state index is 12.6. The van der Waals surface area contributed by atoms with E-state index in [1.807, 2.05) is 0 Å². The van der Waals surface area contributed by atoms with Crippen LogP contribution in [0.1, 0.15) is 6.92 Å². The Labute approximate surface area is 161 Å². The van der Waals surface area contributed by atoms with Crippen molar-refractivity contribution in [1.82, 2.24) is 0 Å². The third-order valence-electron chi connectivity index (χ3n) is 4.25. The Morgan fingerprint density at radius 3 is 2.36 bits per heavy atom. The van der Waals surface area contributed by atoms with Crippen molar-refractivity contribution in [2.45, 2.75) is 13.0 Å². The topological polar surface area (TPSA) is 84.2 Å². The van der Waals surface area contributed by atoms with Gasteiger partial charge in [0.25, 0.3) is 0 Å². The standard InChI is InChI=1S/C21H20O7/c1-12(20(22)26-4)27-15-6-5-13-9-17(21(23)28-18(13)11-15)16-8-7-14(24-2)10-19(16)25-3/h5-12H,1-4H3/t12-/m1/s1. The second kappa shape index (κ2) is 8.04. The van der Waals surface area contributed by atoms with Crippen molar-refractivity contribution in [1.29, 1.82) is 0 Å². The summed E-state index contributed by atoms with van der Waals surface area (Å²) < 4.78 is 26.2. The fourth-order valence-corrected chi connectivity index (χ4v) is 2.79. The quantitative estimate of drug-likeness (QED) is 0.476. The zero-order valence-corrected chi connectivity index (χ0v) is 16.0. The van der Waals surface area contributed by atoms with Crippen molar-refractivity contribution < 1.29 is 28.2 Å². The van der Waals surface area contributed by atoms with E-state index in [1.165, 1.54) is 14.2 Å². The Balaban J connectivity index is 2.02. The number of carbonyl (C=O) groups is 1. The number of hydrogen-bond donors (Lipinski definition) is 0. The predicted molar refractivity (Wildman–Crippen MR) is 103 cm³/mol. The average Bonchev–Trinajstić information content (AvgIpc) is 2.72. The zero-order valence-electron chi connectivity index (χ0n) is 16.0. The van der Waals surface area contributed by atoms with E-state index >= 15 is 0 Å². The summed E-state index contributed by atoms with van der Waals surface area (Å²) >= 11 is 0. The van der Waals surface area contributed by atoms with Crippen molar-refractivity contribution in [3.8, 4) is 28.4 Å². The van der Waals surface area contributed by atoms with E-state index in [0.29, 0.717) is 39.3 Å². The number of benzene rings is 2. The Bertz CT molecular complexity index is 1070. The van der Waals surface area contributed by atoms with Gasteiger partial charge in [-0.05, 0) is 37.3 Å². The summed E-state index contributed by atoms with van der Waals surface area (Å²) in [6, 6.07) is 11.9. The second-order valence-electron chi connectivity index (χ2n) is 6.00. The lowest BCUT2D eigenvalue weighted by atomic mass is 10.0. The van der Waals surface area contributed by atoms with E-state index in [2.05, 4.69) is 4.74 Å². The molecule has 3 rings (SSSR count). The predicted octanol–water partition coefficient (Wildman–Crippen LogP) is 3.42. The van der Waals surface area contributed by atoms with Gasteiger partial charge in [-0.3, -0.25) is 0 Å². The third kappa shape index (κ3) is 3.78. The van der Waals surface area contributed by atoms with Gasteiger partial charge in [-0.1, -0.05) is 0 Å². The molecule has 0 aliphatic carbocycles. The fraction of sp³-hybridized carbons (Fsp3) is 0.238. The first kappa shape index (κ1) is 19.3. The minimum Gasteiger partial charge on any atom is -0.497 e. The van der Waals surface area contributed by atoms with Crippen LogP contribution in [0.25, 0.3) is 22.1 Å². The van der Waals surface area contributed by atoms with Crippen LogP contribution in [-0.2, 0) is 9.53 Å². The summed E-state index contributed by atoms with van der Waals surface area (Å²) in [5.74, 6) is 1.01. The third-order valence-corrected chi connectivity index (χ3v) is 4.25. The van der Waals surface area contributed by atoms with Crippen LogP contribution >= 0.6 is 0 Å². The van der Waals surface area contributed by atoms with Crippen LogP contribution in [0.15, 0.2) is 51.7 Å². The molecular weight excluding hydrogens is 364 g/mol. The molecule has 0 saturated heterocycles. The maximum absolute atomic E-state index is 12.6. The molecule has 0 radical (unpaired) electrons. The smallest absolute Gasteiger partial charge is 0.346 e. The minimum absolute atomic E-state index is 0.343. The van der Waals surface area contributed by atoms with E-state index in [0.717, 1.165) is 0 Å². The Kier molecular flexibility index (Phi) is 5.54. The summed E-state index contributed by atoms with van der Waals surface area (Å²) in [7, 11) is 4.36. The van der Waals surface area contributed by atoms with E-state index in [4.69, 9.17) is 18.6 Å². The first-order chi connectivity index (χ1) is 13.5. The molecule has 28 heavy (non-hydrogen) atoms. The monoisotopic (exact) mass is 384 g/mol. The first-order valence-electron chi connectivity index (χ1n) is 8.51. The van der Waals surface area contributed by atoms with Gasteiger partial charge in [-0.2, -0.15) is 0 Å². The molecule has 0 aliphatic rings. The summed E-state index contributed by atoms with van der Waals surface area (Å²) in [6.07, 6.45) is -0.781. The van der Waals surface area contributed by atoms with Gasteiger partial charge >= 0.3 is 11.6 Å². The Hall–Kier alpha value is -3.48. The van der Waals surface area contributed by atoms with Crippen LogP contribution in [0.5, 0.6) is 17.2 Å². The molecule has 3 aromatic rings. The normalized spacial score (nSPS) is 11.7. The molecule has 0 saturated carbocycles. The fourth-order valence-electron chi connectivity index (χ4n) is 2.79. The van der Waals surface area contributed by atoms with Gasteiger partial charge in [0.1, 0.15) is 22.8 Å². The minimum atomic E-state index is -0.781. The number of esters is 1. The van der Waals surface area contributed by atoms with Gasteiger partial charge in [-0.15, -0.1) is 0 Å². The molecule has 7 heteroatoms. The number of ether oxygens (including phenoxy) is 4. The molecule has 0 aliphatic heterocycles. The molecule has 7 nitrogen and oxygen atoms in total. The van der Waals surface area contributed by atoms with Crippen LogP contribution in [-0.4, -0.2) is 33.4 Å². The van der Waals surface area contributed by atoms with Crippen LogP contribution < -0.4 is 19.8 Å². The summed E-state index contributed by atoms with van der Waals surface area (Å²) in [4.78, 5) is 24.1. The first-order valence-corrected chi connectivity index (χ1v) is 8.51. The van der Waals surface area contributed by atoms with E-state index in [-0.39, 0.29) is 0 Å². The van der Waals surface area contributed by atoms with Gasteiger partial charge in [0.15, 0.2) is 6.10 Å². The van der Waals surface area contributed by atoms with Crippen molar-refractivity contribution in [3.05, 3.63) is 52.9 Å². The van der Waals surface area contributed by atoms with Crippen molar-refractivity contribution in [2.75, 3.05) is 21.3 Å². The van der Waals surface area contributed by atoms with Gasteiger partial charge in [0.05, 0.1) is 26.9 Å². The molecule has 1 aromatic heterocycles. The Morgan fingerprint density at radius 2 is 1.68 bits per heavy atom. The highest BCUT2D eigenvalue weighted by Crippen LogP contribution is 2.33. The highest BCUT2D eigenvalue weighted by atomic mass is 16.6.